The lowest BCUT2D eigenvalue weighted by molar-refractivity contribution is -0.137. The maximum atomic E-state index is 12.6. The Labute approximate surface area is 131 Å². The SMILES string of the molecule is CC(C)N(CCC(=O)O)C(=O)c1sc2ccccc2c1Cl. The van der Waals surface area contributed by atoms with E-state index in [0.29, 0.717) is 9.90 Å². The van der Waals surface area contributed by atoms with E-state index in [1.165, 1.54) is 11.3 Å². The first-order chi connectivity index (χ1) is 9.91. The number of benzene rings is 1. The Morgan fingerprint density at radius 2 is 2.00 bits per heavy atom. The number of hydrogen-bond donors (Lipinski definition) is 1. The Kier molecular flexibility index (Phi) is 4.85. The monoisotopic (exact) mass is 325 g/mol. The smallest absolute Gasteiger partial charge is 0.305 e. The third-order valence-corrected chi connectivity index (χ3v) is 4.84. The molecule has 1 aromatic carbocycles. The van der Waals surface area contributed by atoms with Crippen LogP contribution in [0.2, 0.25) is 5.02 Å². The Morgan fingerprint density at radius 1 is 1.33 bits per heavy atom. The summed E-state index contributed by atoms with van der Waals surface area (Å²) in [6.07, 6.45) is -0.0770. The number of rotatable bonds is 5. The average Bonchev–Trinajstić information content (AvgIpc) is 2.76. The highest BCUT2D eigenvalue weighted by atomic mass is 35.5. The van der Waals surface area contributed by atoms with Crippen molar-refractivity contribution in [2.45, 2.75) is 26.3 Å². The maximum absolute atomic E-state index is 12.6. The summed E-state index contributed by atoms with van der Waals surface area (Å²) in [7, 11) is 0. The molecule has 1 amide bonds. The van der Waals surface area contributed by atoms with Crippen LogP contribution in [0.3, 0.4) is 0 Å². The molecule has 0 aliphatic heterocycles. The van der Waals surface area contributed by atoms with E-state index < -0.39 is 5.97 Å². The summed E-state index contributed by atoms with van der Waals surface area (Å²) in [6.45, 7) is 3.90. The minimum atomic E-state index is -0.920. The van der Waals surface area contributed by atoms with E-state index in [1.54, 1.807) is 4.90 Å². The van der Waals surface area contributed by atoms with Gasteiger partial charge in [0.05, 0.1) is 11.4 Å². The van der Waals surface area contributed by atoms with Crippen molar-refractivity contribution in [1.82, 2.24) is 4.90 Å². The fourth-order valence-corrected chi connectivity index (χ4v) is 3.56. The molecule has 2 aromatic rings. The highest BCUT2D eigenvalue weighted by Gasteiger charge is 2.24. The maximum Gasteiger partial charge on any atom is 0.305 e. The van der Waals surface area contributed by atoms with Gasteiger partial charge in [-0.25, -0.2) is 0 Å². The second-order valence-electron chi connectivity index (χ2n) is 4.98. The summed E-state index contributed by atoms with van der Waals surface area (Å²) in [5.74, 6) is -1.13. The van der Waals surface area contributed by atoms with E-state index in [0.717, 1.165) is 10.1 Å². The standard InChI is InChI=1S/C15H16ClNO3S/c1-9(2)17(8-7-12(18)19)15(20)14-13(16)10-5-3-4-6-11(10)21-14/h3-6,9H,7-8H2,1-2H3,(H,18,19). The summed E-state index contributed by atoms with van der Waals surface area (Å²) in [5.41, 5.74) is 0. The Balaban J connectivity index is 2.34. The quantitative estimate of drug-likeness (QED) is 0.907. The molecule has 0 aliphatic rings. The highest BCUT2D eigenvalue weighted by molar-refractivity contribution is 7.21. The van der Waals surface area contributed by atoms with Crippen molar-refractivity contribution < 1.29 is 14.7 Å². The Hall–Kier alpha value is -1.59. The molecule has 21 heavy (non-hydrogen) atoms. The fourth-order valence-electron chi connectivity index (χ4n) is 2.09. The molecule has 0 unspecified atom stereocenters. The minimum absolute atomic E-state index is 0.0770. The molecule has 0 saturated heterocycles. The molecule has 0 saturated carbocycles. The van der Waals surface area contributed by atoms with Gasteiger partial charge in [0.2, 0.25) is 0 Å². The predicted molar refractivity (Wildman–Crippen MR) is 85.3 cm³/mol. The van der Waals surface area contributed by atoms with Crippen LogP contribution in [0.15, 0.2) is 24.3 Å². The normalized spacial score (nSPS) is 11.0. The molecule has 1 aromatic heterocycles. The molecule has 6 heteroatoms. The lowest BCUT2D eigenvalue weighted by Gasteiger charge is -2.25. The van der Waals surface area contributed by atoms with Crippen LogP contribution in [-0.2, 0) is 4.79 Å². The number of halogens is 1. The third kappa shape index (κ3) is 3.36. The van der Waals surface area contributed by atoms with Gasteiger partial charge in [-0.15, -0.1) is 11.3 Å². The van der Waals surface area contributed by atoms with Gasteiger partial charge >= 0.3 is 5.97 Å². The van der Waals surface area contributed by atoms with Gasteiger partial charge in [-0.3, -0.25) is 9.59 Å². The third-order valence-electron chi connectivity index (χ3n) is 3.18. The largest absolute Gasteiger partial charge is 0.481 e. The molecule has 0 bridgehead atoms. The van der Waals surface area contributed by atoms with Crippen LogP contribution in [-0.4, -0.2) is 34.5 Å². The zero-order valence-corrected chi connectivity index (χ0v) is 13.4. The van der Waals surface area contributed by atoms with Gasteiger partial charge in [0.25, 0.3) is 5.91 Å². The van der Waals surface area contributed by atoms with Crippen molar-refractivity contribution in [3.05, 3.63) is 34.2 Å². The van der Waals surface area contributed by atoms with Crippen LogP contribution in [0.25, 0.3) is 10.1 Å². The molecule has 112 valence electrons. The number of carbonyl (C=O) groups excluding carboxylic acids is 1. The van der Waals surface area contributed by atoms with Crippen molar-refractivity contribution in [3.63, 3.8) is 0 Å². The van der Waals surface area contributed by atoms with Crippen LogP contribution in [0, 0.1) is 0 Å². The number of hydrogen-bond acceptors (Lipinski definition) is 3. The van der Waals surface area contributed by atoms with Crippen molar-refractivity contribution in [2.24, 2.45) is 0 Å². The lowest BCUT2D eigenvalue weighted by Crippen LogP contribution is -2.38. The summed E-state index contributed by atoms with van der Waals surface area (Å²) < 4.78 is 0.952. The molecule has 1 heterocycles. The molecule has 0 atom stereocenters. The van der Waals surface area contributed by atoms with Crippen LogP contribution < -0.4 is 0 Å². The van der Waals surface area contributed by atoms with E-state index in [9.17, 15) is 9.59 Å². The summed E-state index contributed by atoms with van der Waals surface area (Å²) in [5, 5.41) is 10.1. The molecule has 0 spiro atoms. The van der Waals surface area contributed by atoms with Gasteiger partial charge in [-0.2, -0.15) is 0 Å². The molecular weight excluding hydrogens is 310 g/mol. The van der Waals surface area contributed by atoms with Crippen LogP contribution in [0.5, 0.6) is 0 Å². The number of aliphatic carboxylic acids is 1. The summed E-state index contributed by atoms with van der Waals surface area (Å²) in [4.78, 5) is 25.4. The van der Waals surface area contributed by atoms with E-state index in [2.05, 4.69) is 0 Å². The van der Waals surface area contributed by atoms with Gasteiger partial charge in [-0.05, 0) is 19.9 Å². The molecule has 0 fully saturated rings. The molecule has 0 radical (unpaired) electrons. The first-order valence-electron chi connectivity index (χ1n) is 6.61. The van der Waals surface area contributed by atoms with E-state index in [-0.39, 0.29) is 24.9 Å². The van der Waals surface area contributed by atoms with Gasteiger partial charge in [0.1, 0.15) is 4.88 Å². The van der Waals surface area contributed by atoms with Crippen molar-refractivity contribution >= 4 is 44.9 Å². The van der Waals surface area contributed by atoms with E-state index in [4.69, 9.17) is 16.7 Å². The van der Waals surface area contributed by atoms with Crippen molar-refractivity contribution in [3.8, 4) is 0 Å². The summed E-state index contributed by atoms with van der Waals surface area (Å²) in [6, 6.07) is 7.48. The molecule has 0 aliphatic carbocycles. The average molecular weight is 326 g/mol. The molecule has 2 rings (SSSR count). The van der Waals surface area contributed by atoms with E-state index >= 15 is 0 Å². The second kappa shape index (κ2) is 6.45. The first-order valence-corrected chi connectivity index (χ1v) is 7.81. The number of thiophene rings is 1. The zero-order chi connectivity index (χ0) is 15.6. The number of fused-ring (bicyclic) bond motifs is 1. The Morgan fingerprint density at radius 3 is 2.57 bits per heavy atom. The minimum Gasteiger partial charge on any atom is -0.481 e. The first kappa shape index (κ1) is 15.8. The van der Waals surface area contributed by atoms with Crippen LogP contribution in [0.1, 0.15) is 29.9 Å². The lowest BCUT2D eigenvalue weighted by atomic mass is 10.2. The fraction of sp³-hybridized carbons (Fsp3) is 0.333. The van der Waals surface area contributed by atoms with Crippen molar-refractivity contribution in [2.75, 3.05) is 6.54 Å². The molecule has 4 nitrogen and oxygen atoms in total. The topological polar surface area (TPSA) is 57.6 Å². The number of carboxylic acids is 1. The van der Waals surface area contributed by atoms with E-state index in [1.807, 2.05) is 38.1 Å². The predicted octanol–water partition coefficient (Wildman–Crippen LogP) is 3.88. The Bertz CT molecular complexity index is 681. The number of carbonyl (C=O) groups is 2. The molecular formula is C15H16ClNO3S. The van der Waals surface area contributed by atoms with Gasteiger partial charge in [0.15, 0.2) is 0 Å². The highest BCUT2D eigenvalue weighted by Crippen LogP contribution is 2.36. The van der Waals surface area contributed by atoms with Gasteiger partial charge in [0, 0.05) is 22.7 Å². The van der Waals surface area contributed by atoms with Crippen molar-refractivity contribution in [1.29, 1.82) is 0 Å². The number of nitrogens with zero attached hydrogens (tertiary/aromatic N) is 1. The molecule has 1 N–H and O–H groups in total. The van der Waals surface area contributed by atoms with Crippen LogP contribution in [0.4, 0.5) is 0 Å². The summed E-state index contributed by atoms with van der Waals surface area (Å²) >= 11 is 7.65. The van der Waals surface area contributed by atoms with Gasteiger partial charge < -0.3 is 10.0 Å². The van der Waals surface area contributed by atoms with Gasteiger partial charge in [-0.1, -0.05) is 29.8 Å². The zero-order valence-electron chi connectivity index (χ0n) is 11.8. The second-order valence-corrected chi connectivity index (χ2v) is 6.41. The number of carboxylic acid groups (broad SMARTS) is 1. The van der Waals surface area contributed by atoms with Crippen LogP contribution >= 0.6 is 22.9 Å². The number of amides is 1.